The SMILES string of the molecule is CCCCCCCCCCCCCCCCCCC(=O)OC(CCCCCCCCCCC)CC(=O)NC(CO)C(O)CCCCCCCCCCCCCC. The van der Waals surface area contributed by atoms with Crippen molar-refractivity contribution < 1.29 is 24.5 Å². The molecule has 0 rings (SSSR count). The highest BCUT2D eigenvalue weighted by Crippen LogP contribution is 2.18. The molecule has 0 radical (unpaired) electrons. The monoisotopic (exact) mass is 794 g/mol. The number of carbonyl (C=O) groups excluding carboxylic acids is 2. The van der Waals surface area contributed by atoms with Gasteiger partial charge in [-0.25, -0.2) is 0 Å². The van der Waals surface area contributed by atoms with Crippen LogP contribution in [0.5, 0.6) is 0 Å². The lowest BCUT2D eigenvalue weighted by Crippen LogP contribution is -2.46. The van der Waals surface area contributed by atoms with Crippen LogP contribution in [0.1, 0.15) is 284 Å². The van der Waals surface area contributed by atoms with Gasteiger partial charge in [-0.2, -0.15) is 0 Å². The van der Waals surface area contributed by atoms with Crippen molar-refractivity contribution >= 4 is 11.9 Å². The Morgan fingerprint density at radius 1 is 0.446 bits per heavy atom. The van der Waals surface area contributed by atoms with Crippen molar-refractivity contribution in [3.8, 4) is 0 Å². The van der Waals surface area contributed by atoms with Gasteiger partial charge in [0.15, 0.2) is 0 Å². The number of aliphatic hydroxyl groups excluding tert-OH is 2. The molecule has 0 bridgehead atoms. The fraction of sp³-hybridized carbons (Fsp3) is 0.960. The Balaban J connectivity index is 4.41. The molecule has 0 aliphatic heterocycles. The van der Waals surface area contributed by atoms with Crippen LogP contribution >= 0.6 is 0 Å². The molecule has 6 nitrogen and oxygen atoms in total. The van der Waals surface area contributed by atoms with Crippen molar-refractivity contribution in [3.63, 3.8) is 0 Å². The molecule has 0 aliphatic carbocycles. The Morgan fingerprint density at radius 3 is 1.09 bits per heavy atom. The van der Waals surface area contributed by atoms with Gasteiger partial charge in [0, 0.05) is 6.42 Å². The van der Waals surface area contributed by atoms with Crippen molar-refractivity contribution in [1.29, 1.82) is 0 Å². The molecule has 56 heavy (non-hydrogen) atoms. The van der Waals surface area contributed by atoms with Crippen LogP contribution in [-0.2, 0) is 14.3 Å². The normalized spacial score (nSPS) is 13.2. The molecule has 0 saturated carbocycles. The van der Waals surface area contributed by atoms with Crippen LogP contribution in [0.4, 0.5) is 0 Å². The predicted molar refractivity (Wildman–Crippen MR) is 241 cm³/mol. The molecule has 3 atom stereocenters. The molecule has 1 amide bonds. The molecule has 6 heteroatoms. The second kappa shape index (κ2) is 45.0. The van der Waals surface area contributed by atoms with Gasteiger partial charge >= 0.3 is 5.97 Å². The second-order valence-electron chi connectivity index (χ2n) is 17.6. The van der Waals surface area contributed by atoms with E-state index >= 15 is 0 Å². The smallest absolute Gasteiger partial charge is 0.306 e. The number of nitrogens with one attached hydrogen (secondary N) is 1. The topological polar surface area (TPSA) is 95.9 Å². The number of hydrogen-bond acceptors (Lipinski definition) is 5. The van der Waals surface area contributed by atoms with E-state index in [1.807, 2.05) is 0 Å². The highest BCUT2D eigenvalue weighted by Gasteiger charge is 2.24. The Bertz CT molecular complexity index is 806. The molecule has 0 aromatic rings. The Labute approximate surface area is 349 Å². The fourth-order valence-electron chi connectivity index (χ4n) is 8.08. The summed E-state index contributed by atoms with van der Waals surface area (Å²) in [7, 11) is 0. The van der Waals surface area contributed by atoms with Crippen molar-refractivity contribution in [2.75, 3.05) is 6.61 Å². The molecule has 0 aliphatic rings. The summed E-state index contributed by atoms with van der Waals surface area (Å²) in [6, 6.07) is -0.690. The zero-order valence-corrected chi connectivity index (χ0v) is 38.0. The minimum atomic E-state index is -0.777. The van der Waals surface area contributed by atoms with Gasteiger partial charge in [-0.1, -0.05) is 245 Å². The number of unbranched alkanes of at least 4 members (excludes halogenated alkanes) is 34. The number of esters is 1. The maximum Gasteiger partial charge on any atom is 0.306 e. The lowest BCUT2D eigenvalue weighted by molar-refractivity contribution is -0.151. The van der Waals surface area contributed by atoms with Gasteiger partial charge in [0.2, 0.25) is 5.91 Å². The Kier molecular flexibility index (Phi) is 44.0. The molecule has 0 saturated heterocycles. The predicted octanol–water partition coefficient (Wildman–Crippen LogP) is 14.8. The van der Waals surface area contributed by atoms with E-state index in [0.29, 0.717) is 19.3 Å². The summed E-state index contributed by atoms with van der Waals surface area (Å²) in [5.41, 5.74) is 0. The van der Waals surface area contributed by atoms with Crippen LogP contribution in [0.25, 0.3) is 0 Å². The minimum absolute atomic E-state index is 0.0868. The summed E-state index contributed by atoms with van der Waals surface area (Å²) >= 11 is 0. The van der Waals surface area contributed by atoms with Gasteiger partial charge in [0.25, 0.3) is 0 Å². The first-order valence-electron chi connectivity index (χ1n) is 25.3. The summed E-state index contributed by atoms with van der Waals surface area (Å²) in [6.07, 6.45) is 47.4. The first kappa shape index (κ1) is 54.9. The Morgan fingerprint density at radius 2 is 0.750 bits per heavy atom. The summed E-state index contributed by atoms with van der Waals surface area (Å²) in [6.45, 7) is 6.49. The average molecular weight is 794 g/mol. The maximum atomic E-state index is 13.1. The average Bonchev–Trinajstić information content (AvgIpc) is 3.19. The van der Waals surface area contributed by atoms with E-state index in [0.717, 1.165) is 38.5 Å². The van der Waals surface area contributed by atoms with Crippen molar-refractivity contribution in [2.45, 2.75) is 302 Å². The summed E-state index contributed by atoms with van der Waals surface area (Å²) < 4.78 is 5.92. The molecule has 0 aromatic heterocycles. The summed E-state index contributed by atoms with van der Waals surface area (Å²) in [5, 5.41) is 23.7. The molecular formula is C50H99NO5. The van der Waals surface area contributed by atoms with Crippen LogP contribution in [0.2, 0.25) is 0 Å². The number of amides is 1. The third-order valence-corrected chi connectivity index (χ3v) is 11.9. The zero-order valence-electron chi connectivity index (χ0n) is 38.0. The van der Waals surface area contributed by atoms with Gasteiger partial charge in [0.1, 0.15) is 6.10 Å². The van der Waals surface area contributed by atoms with E-state index in [1.165, 1.54) is 199 Å². The molecule has 0 aromatic carbocycles. The standard InChI is InChI=1S/C50H99NO5/c1-4-7-10-13-16-19-21-23-24-25-26-28-31-34-37-40-43-50(55)56-46(41-38-35-32-29-18-15-12-9-6-3)44-49(54)51-47(45-52)48(53)42-39-36-33-30-27-22-20-17-14-11-8-5-2/h46-48,52-53H,4-45H2,1-3H3,(H,51,54). The van der Waals surface area contributed by atoms with Gasteiger partial charge in [-0.05, 0) is 25.7 Å². The van der Waals surface area contributed by atoms with Crippen LogP contribution in [0.3, 0.4) is 0 Å². The van der Waals surface area contributed by atoms with E-state index < -0.39 is 18.2 Å². The van der Waals surface area contributed by atoms with Crippen LogP contribution in [-0.4, -0.2) is 46.9 Å². The molecule has 3 unspecified atom stereocenters. The van der Waals surface area contributed by atoms with Crippen molar-refractivity contribution in [1.82, 2.24) is 5.32 Å². The maximum absolute atomic E-state index is 13.1. The van der Waals surface area contributed by atoms with Crippen molar-refractivity contribution in [3.05, 3.63) is 0 Å². The van der Waals surface area contributed by atoms with Gasteiger partial charge in [-0.15, -0.1) is 0 Å². The molecule has 3 N–H and O–H groups in total. The number of aliphatic hydroxyl groups is 2. The van der Waals surface area contributed by atoms with Crippen molar-refractivity contribution in [2.24, 2.45) is 0 Å². The quantitative estimate of drug-likeness (QED) is 0.0421. The molecule has 334 valence electrons. The highest BCUT2D eigenvalue weighted by atomic mass is 16.5. The number of ether oxygens (including phenoxy) is 1. The van der Waals surface area contributed by atoms with Crippen LogP contribution in [0, 0.1) is 0 Å². The van der Waals surface area contributed by atoms with Gasteiger partial charge in [0.05, 0.1) is 25.2 Å². The van der Waals surface area contributed by atoms with E-state index in [1.54, 1.807) is 0 Å². The lowest BCUT2D eigenvalue weighted by Gasteiger charge is -2.24. The molecular weight excluding hydrogens is 695 g/mol. The molecule has 0 spiro atoms. The first-order chi connectivity index (χ1) is 27.5. The first-order valence-corrected chi connectivity index (χ1v) is 25.3. The summed E-state index contributed by atoms with van der Waals surface area (Å²) in [5.74, 6) is -0.455. The third kappa shape index (κ3) is 39.7. The lowest BCUT2D eigenvalue weighted by atomic mass is 10.0. The molecule has 0 heterocycles. The van der Waals surface area contributed by atoms with E-state index in [4.69, 9.17) is 4.74 Å². The van der Waals surface area contributed by atoms with E-state index in [-0.39, 0.29) is 24.9 Å². The van der Waals surface area contributed by atoms with E-state index in [2.05, 4.69) is 26.1 Å². The van der Waals surface area contributed by atoms with Crippen LogP contribution in [0.15, 0.2) is 0 Å². The van der Waals surface area contributed by atoms with Gasteiger partial charge in [-0.3, -0.25) is 9.59 Å². The Hall–Kier alpha value is -1.14. The third-order valence-electron chi connectivity index (χ3n) is 11.9. The highest BCUT2D eigenvalue weighted by molar-refractivity contribution is 5.77. The fourth-order valence-corrected chi connectivity index (χ4v) is 8.08. The van der Waals surface area contributed by atoms with E-state index in [9.17, 15) is 19.8 Å². The minimum Gasteiger partial charge on any atom is -0.462 e. The van der Waals surface area contributed by atoms with Crippen LogP contribution < -0.4 is 5.32 Å². The number of carbonyl (C=O) groups is 2. The molecule has 0 fully saturated rings. The second-order valence-corrected chi connectivity index (χ2v) is 17.6. The van der Waals surface area contributed by atoms with Gasteiger partial charge < -0.3 is 20.3 Å². The number of rotatable bonds is 46. The number of hydrogen-bond donors (Lipinski definition) is 3. The largest absolute Gasteiger partial charge is 0.462 e. The summed E-state index contributed by atoms with van der Waals surface area (Å²) in [4.78, 5) is 26.0. The zero-order chi connectivity index (χ0) is 41.0.